The minimum atomic E-state index is -0.227. The van der Waals surface area contributed by atoms with Gasteiger partial charge in [-0.1, -0.05) is 6.07 Å². The van der Waals surface area contributed by atoms with E-state index < -0.39 is 0 Å². The Morgan fingerprint density at radius 3 is 2.82 bits per heavy atom. The first-order valence-corrected chi connectivity index (χ1v) is 4.13. The number of benzene rings is 1. The number of epoxide rings is 1. The molecule has 0 amide bonds. The number of rotatable bonds is 1. The monoisotopic (exact) mass is 216 g/mol. The van der Waals surface area contributed by atoms with Crippen LogP contribution in [-0.4, -0.2) is 6.61 Å². The molecule has 0 aliphatic carbocycles. The van der Waals surface area contributed by atoms with E-state index in [1.54, 1.807) is 12.1 Å². The molecule has 0 aromatic heterocycles. The van der Waals surface area contributed by atoms with Gasteiger partial charge in [0.1, 0.15) is 11.9 Å². The number of ether oxygens (including phenoxy) is 1. The summed E-state index contributed by atoms with van der Waals surface area (Å²) >= 11 is 3.11. The van der Waals surface area contributed by atoms with Crippen molar-refractivity contribution in [3.8, 4) is 0 Å². The normalized spacial score (nSPS) is 21.8. The van der Waals surface area contributed by atoms with Gasteiger partial charge in [-0.25, -0.2) is 4.39 Å². The van der Waals surface area contributed by atoms with E-state index in [2.05, 4.69) is 15.9 Å². The molecule has 0 spiro atoms. The Hall–Kier alpha value is -0.410. The average Bonchev–Trinajstić information content (AvgIpc) is 2.77. The van der Waals surface area contributed by atoms with Gasteiger partial charge in [0.15, 0.2) is 0 Å². The number of hydrogen-bond donors (Lipinski definition) is 0. The molecule has 0 N–H and O–H groups in total. The number of halogens is 2. The minimum Gasteiger partial charge on any atom is -0.368 e. The van der Waals surface area contributed by atoms with Crippen LogP contribution < -0.4 is 0 Å². The second-order valence-electron chi connectivity index (χ2n) is 2.50. The lowest BCUT2D eigenvalue weighted by atomic mass is 10.2. The van der Waals surface area contributed by atoms with Gasteiger partial charge in [-0.2, -0.15) is 0 Å². The Bertz CT molecular complexity index is 283. The van der Waals surface area contributed by atoms with E-state index in [0.29, 0.717) is 4.47 Å². The van der Waals surface area contributed by atoms with Crippen LogP contribution in [0.15, 0.2) is 22.7 Å². The van der Waals surface area contributed by atoms with Crippen LogP contribution in [0.3, 0.4) is 0 Å². The molecule has 1 fully saturated rings. The fourth-order valence-corrected chi connectivity index (χ4v) is 1.35. The van der Waals surface area contributed by atoms with E-state index in [-0.39, 0.29) is 11.9 Å². The summed E-state index contributed by atoms with van der Waals surface area (Å²) in [4.78, 5) is 0. The van der Waals surface area contributed by atoms with E-state index in [1.807, 2.05) is 0 Å². The summed E-state index contributed by atoms with van der Waals surface area (Å²) in [5.74, 6) is -0.227. The van der Waals surface area contributed by atoms with E-state index in [9.17, 15) is 4.39 Å². The Morgan fingerprint density at radius 2 is 2.27 bits per heavy atom. The fourth-order valence-electron chi connectivity index (χ4n) is 0.953. The van der Waals surface area contributed by atoms with E-state index in [4.69, 9.17) is 4.74 Å². The van der Waals surface area contributed by atoms with Gasteiger partial charge in [0.2, 0.25) is 0 Å². The summed E-state index contributed by atoms with van der Waals surface area (Å²) in [5.41, 5.74) is 1.04. The zero-order chi connectivity index (χ0) is 7.84. The molecule has 11 heavy (non-hydrogen) atoms. The Morgan fingerprint density at radius 1 is 1.55 bits per heavy atom. The molecule has 1 heterocycles. The molecule has 1 aliphatic rings. The van der Waals surface area contributed by atoms with Crippen molar-refractivity contribution >= 4 is 15.9 Å². The van der Waals surface area contributed by atoms with E-state index >= 15 is 0 Å². The third-order valence-corrected chi connectivity index (χ3v) is 2.26. The van der Waals surface area contributed by atoms with Crippen molar-refractivity contribution in [1.29, 1.82) is 0 Å². The van der Waals surface area contributed by atoms with Gasteiger partial charge in [0, 0.05) is 0 Å². The zero-order valence-corrected chi connectivity index (χ0v) is 7.27. The molecule has 2 rings (SSSR count). The summed E-state index contributed by atoms with van der Waals surface area (Å²) < 4.78 is 18.2. The fraction of sp³-hybridized carbons (Fsp3) is 0.250. The van der Waals surface area contributed by atoms with Crippen molar-refractivity contribution in [3.05, 3.63) is 34.1 Å². The van der Waals surface area contributed by atoms with Gasteiger partial charge in [0.05, 0.1) is 11.1 Å². The highest BCUT2D eigenvalue weighted by Crippen LogP contribution is 2.31. The predicted octanol–water partition coefficient (Wildman–Crippen LogP) is 2.66. The highest BCUT2D eigenvalue weighted by molar-refractivity contribution is 9.10. The van der Waals surface area contributed by atoms with Gasteiger partial charge in [0.25, 0.3) is 0 Å². The molecule has 1 atom stereocenters. The molecular weight excluding hydrogens is 211 g/mol. The summed E-state index contributed by atoms with van der Waals surface area (Å²) in [6.45, 7) is 0.762. The molecule has 0 radical (unpaired) electrons. The van der Waals surface area contributed by atoms with Crippen LogP contribution in [0.25, 0.3) is 0 Å². The Kier molecular flexibility index (Phi) is 1.69. The lowest BCUT2D eigenvalue weighted by molar-refractivity contribution is 0.415. The summed E-state index contributed by atoms with van der Waals surface area (Å²) in [6.07, 6.45) is 0.201. The summed E-state index contributed by atoms with van der Waals surface area (Å²) in [7, 11) is 0. The lowest BCUT2D eigenvalue weighted by Crippen LogP contribution is -1.82. The molecule has 1 aromatic rings. The van der Waals surface area contributed by atoms with Gasteiger partial charge >= 0.3 is 0 Å². The summed E-state index contributed by atoms with van der Waals surface area (Å²) in [6, 6.07) is 4.95. The first kappa shape index (κ1) is 7.25. The lowest BCUT2D eigenvalue weighted by Gasteiger charge is -1.96. The third kappa shape index (κ3) is 1.44. The third-order valence-electron chi connectivity index (χ3n) is 1.65. The molecule has 3 heteroatoms. The standard InChI is InChI=1S/C8H6BrFO/c9-6-3-5(8-4-11-8)1-2-7(6)10/h1-3,8H,4H2/t8-/m0/s1. The first-order chi connectivity index (χ1) is 5.27. The average molecular weight is 217 g/mol. The molecule has 58 valence electrons. The zero-order valence-electron chi connectivity index (χ0n) is 5.68. The second kappa shape index (κ2) is 2.57. The van der Waals surface area contributed by atoms with Crippen molar-refractivity contribution in [2.75, 3.05) is 6.61 Å². The molecule has 0 saturated carbocycles. The molecule has 1 nitrogen and oxygen atoms in total. The van der Waals surface area contributed by atoms with Gasteiger partial charge in [-0.3, -0.25) is 0 Å². The Balaban J connectivity index is 2.36. The second-order valence-corrected chi connectivity index (χ2v) is 3.35. The SMILES string of the molecule is Fc1ccc([C@@H]2CO2)cc1Br. The summed E-state index contributed by atoms with van der Waals surface area (Å²) in [5, 5.41) is 0. The van der Waals surface area contributed by atoms with E-state index in [0.717, 1.165) is 12.2 Å². The maximum absolute atomic E-state index is 12.7. The van der Waals surface area contributed by atoms with Crippen LogP contribution in [0, 0.1) is 5.82 Å². The van der Waals surface area contributed by atoms with Crippen LogP contribution >= 0.6 is 15.9 Å². The van der Waals surface area contributed by atoms with Gasteiger partial charge in [-0.15, -0.1) is 0 Å². The molecule has 0 unspecified atom stereocenters. The maximum atomic E-state index is 12.7. The predicted molar refractivity (Wildman–Crippen MR) is 42.8 cm³/mol. The maximum Gasteiger partial charge on any atom is 0.137 e. The smallest absolute Gasteiger partial charge is 0.137 e. The van der Waals surface area contributed by atoms with Crippen molar-refractivity contribution < 1.29 is 9.13 Å². The van der Waals surface area contributed by atoms with Crippen molar-refractivity contribution in [2.24, 2.45) is 0 Å². The van der Waals surface area contributed by atoms with Crippen LogP contribution in [0.4, 0.5) is 4.39 Å². The quantitative estimate of drug-likeness (QED) is 0.658. The van der Waals surface area contributed by atoms with Crippen LogP contribution in [0.1, 0.15) is 11.7 Å². The molecule has 1 aromatic carbocycles. The molecule has 1 saturated heterocycles. The van der Waals surface area contributed by atoms with Gasteiger partial charge < -0.3 is 4.74 Å². The minimum absolute atomic E-state index is 0.201. The first-order valence-electron chi connectivity index (χ1n) is 3.34. The highest BCUT2D eigenvalue weighted by Gasteiger charge is 2.24. The van der Waals surface area contributed by atoms with Crippen molar-refractivity contribution in [2.45, 2.75) is 6.10 Å². The van der Waals surface area contributed by atoms with Crippen molar-refractivity contribution in [1.82, 2.24) is 0 Å². The molecule has 0 bridgehead atoms. The van der Waals surface area contributed by atoms with Crippen LogP contribution in [-0.2, 0) is 4.74 Å². The number of hydrogen-bond acceptors (Lipinski definition) is 1. The van der Waals surface area contributed by atoms with Crippen LogP contribution in [0.5, 0.6) is 0 Å². The van der Waals surface area contributed by atoms with E-state index in [1.165, 1.54) is 6.07 Å². The molecular formula is C8H6BrFO. The van der Waals surface area contributed by atoms with Crippen molar-refractivity contribution in [3.63, 3.8) is 0 Å². The Labute approximate surface area is 72.3 Å². The largest absolute Gasteiger partial charge is 0.368 e. The molecule has 1 aliphatic heterocycles. The van der Waals surface area contributed by atoms with Crippen LogP contribution in [0.2, 0.25) is 0 Å². The topological polar surface area (TPSA) is 12.5 Å². The van der Waals surface area contributed by atoms with Gasteiger partial charge in [-0.05, 0) is 33.6 Å². The highest BCUT2D eigenvalue weighted by atomic mass is 79.9.